The number of carbonyl (C=O) groups excluding carboxylic acids is 1. The number of fused-ring (bicyclic) bond motifs is 3. The van der Waals surface area contributed by atoms with E-state index in [1.165, 1.54) is 24.1 Å². The second kappa shape index (κ2) is 8.08. The SMILES string of the molecule is CC(=O)N(CCCN1[C@@H]2CC(n3c(C)nc4ccccc43)C[C@H]1C2)c1cccc(F)c1. The highest BCUT2D eigenvalue weighted by atomic mass is 19.1. The van der Waals surface area contributed by atoms with Gasteiger partial charge in [-0.3, -0.25) is 9.69 Å². The highest BCUT2D eigenvalue weighted by molar-refractivity contribution is 5.91. The van der Waals surface area contributed by atoms with Gasteiger partial charge in [0.1, 0.15) is 11.6 Å². The molecule has 0 radical (unpaired) electrons. The zero-order valence-corrected chi connectivity index (χ0v) is 18.2. The van der Waals surface area contributed by atoms with Crippen molar-refractivity contribution in [3.05, 3.63) is 60.2 Å². The molecule has 1 amide bonds. The zero-order valence-electron chi connectivity index (χ0n) is 18.2. The number of anilines is 1. The minimum absolute atomic E-state index is 0.0445. The van der Waals surface area contributed by atoms with Gasteiger partial charge in [-0.2, -0.15) is 0 Å². The van der Waals surface area contributed by atoms with Crippen LogP contribution in [0.2, 0.25) is 0 Å². The molecular formula is C25H29FN4O. The summed E-state index contributed by atoms with van der Waals surface area (Å²) in [6.45, 7) is 5.25. The molecule has 1 unspecified atom stereocenters. The third-order valence-electron chi connectivity index (χ3n) is 7.01. The molecule has 6 rings (SSSR count). The lowest BCUT2D eigenvalue weighted by Crippen LogP contribution is -2.61. The largest absolute Gasteiger partial charge is 0.325 e. The molecule has 2 bridgehead atoms. The third-order valence-corrected chi connectivity index (χ3v) is 7.01. The first-order valence-electron chi connectivity index (χ1n) is 11.2. The molecule has 2 aromatic carbocycles. The molecule has 2 saturated heterocycles. The Balaban J connectivity index is 1.21. The second-order valence-electron chi connectivity index (χ2n) is 8.93. The fraction of sp³-hybridized carbons (Fsp3) is 0.440. The summed E-state index contributed by atoms with van der Waals surface area (Å²) in [6, 6.07) is 16.4. The lowest BCUT2D eigenvalue weighted by atomic mass is 9.76. The van der Waals surface area contributed by atoms with Crippen molar-refractivity contribution in [1.29, 1.82) is 0 Å². The van der Waals surface area contributed by atoms with Crippen molar-refractivity contribution in [2.75, 3.05) is 18.0 Å². The van der Waals surface area contributed by atoms with E-state index in [9.17, 15) is 9.18 Å². The average molecular weight is 421 g/mol. The number of hydrogen-bond acceptors (Lipinski definition) is 3. The van der Waals surface area contributed by atoms with Gasteiger partial charge < -0.3 is 9.47 Å². The summed E-state index contributed by atoms with van der Waals surface area (Å²) in [5, 5.41) is 0. The van der Waals surface area contributed by atoms with Crippen LogP contribution in [-0.4, -0.2) is 45.5 Å². The van der Waals surface area contributed by atoms with Crippen LogP contribution < -0.4 is 4.90 Å². The number of aromatic nitrogens is 2. The fourth-order valence-electron chi connectivity index (χ4n) is 5.66. The molecule has 1 aliphatic carbocycles. The number of carbonyl (C=O) groups is 1. The van der Waals surface area contributed by atoms with Gasteiger partial charge in [-0.05, 0) is 62.9 Å². The molecule has 3 heterocycles. The Morgan fingerprint density at radius 3 is 2.58 bits per heavy atom. The second-order valence-corrected chi connectivity index (χ2v) is 8.93. The van der Waals surface area contributed by atoms with Crippen molar-refractivity contribution in [1.82, 2.24) is 14.5 Å². The summed E-state index contributed by atoms with van der Waals surface area (Å²) < 4.78 is 16.0. The number of imidazole rings is 1. The molecule has 3 aromatic rings. The van der Waals surface area contributed by atoms with Crippen LogP contribution in [0.25, 0.3) is 11.0 Å². The van der Waals surface area contributed by atoms with E-state index in [0.29, 0.717) is 30.4 Å². The minimum Gasteiger partial charge on any atom is -0.325 e. The van der Waals surface area contributed by atoms with Crippen molar-refractivity contribution >= 4 is 22.6 Å². The predicted octanol–water partition coefficient (Wildman–Crippen LogP) is 4.70. The van der Waals surface area contributed by atoms with E-state index < -0.39 is 0 Å². The van der Waals surface area contributed by atoms with Crippen molar-refractivity contribution in [2.45, 2.75) is 57.7 Å². The van der Waals surface area contributed by atoms with Gasteiger partial charge in [-0.15, -0.1) is 0 Å². The highest BCUT2D eigenvalue weighted by Gasteiger charge is 2.45. The number of rotatable bonds is 6. The molecule has 162 valence electrons. The van der Waals surface area contributed by atoms with Crippen LogP contribution in [-0.2, 0) is 4.79 Å². The number of hydrogen-bond donors (Lipinski definition) is 0. The Hall–Kier alpha value is -2.73. The Bertz CT molecular complexity index is 1100. The van der Waals surface area contributed by atoms with E-state index in [1.54, 1.807) is 24.0 Å². The first kappa shape index (κ1) is 20.2. The van der Waals surface area contributed by atoms with E-state index in [2.05, 4.69) is 34.6 Å². The van der Waals surface area contributed by atoms with Gasteiger partial charge in [0.05, 0.1) is 11.0 Å². The molecule has 2 aliphatic heterocycles. The van der Waals surface area contributed by atoms with Crippen LogP contribution in [0.15, 0.2) is 48.5 Å². The lowest BCUT2D eigenvalue weighted by Gasteiger charge is -2.56. The Morgan fingerprint density at radius 1 is 1.10 bits per heavy atom. The fourth-order valence-corrected chi connectivity index (χ4v) is 5.66. The molecule has 6 heteroatoms. The predicted molar refractivity (Wildman–Crippen MR) is 121 cm³/mol. The number of nitrogens with zero attached hydrogens (tertiary/aromatic N) is 4. The number of para-hydroxylation sites is 2. The summed E-state index contributed by atoms with van der Waals surface area (Å²) in [7, 11) is 0. The molecule has 3 aliphatic rings. The molecule has 0 spiro atoms. The molecule has 5 nitrogen and oxygen atoms in total. The van der Waals surface area contributed by atoms with Crippen molar-refractivity contribution < 1.29 is 9.18 Å². The van der Waals surface area contributed by atoms with Gasteiger partial charge in [0.15, 0.2) is 0 Å². The number of aryl methyl sites for hydroxylation is 1. The molecule has 0 N–H and O–H groups in total. The number of piperidine rings is 1. The number of halogens is 1. The highest BCUT2D eigenvalue weighted by Crippen LogP contribution is 2.44. The van der Waals surface area contributed by atoms with Crippen LogP contribution in [0.5, 0.6) is 0 Å². The first-order chi connectivity index (χ1) is 15.0. The van der Waals surface area contributed by atoms with Crippen molar-refractivity contribution in [2.24, 2.45) is 0 Å². The van der Waals surface area contributed by atoms with Crippen LogP contribution in [0.1, 0.15) is 44.5 Å². The molecule has 1 aromatic heterocycles. The van der Waals surface area contributed by atoms with E-state index in [0.717, 1.165) is 37.1 Å². The summed E-state index contributed by atoms with van der Waals surface area (Å²) in [5.74, 6) is 0.748. The Labute approximate surface area is 182 Å². The number of amides is 1. The van der Waals surface area contributed by atoms with E-state index in [1.807, 2.05) is 6.07 Å². The van der Waals surface area contributed by atoms with Gasteiger partial charge in [0, 0.05) is 43.8 Å². The summed E-state index contributed by atoms with van der Waals surface area (Å²) in [4.78, 5) is 21.1. The lowest BCUT2D eigenvalue weighted by molar-refractivity contribution is -0.116. The summed E-state index contributed by atoms with van der Waals surface area (Å²) >= 11 is 0. The monoisotopic (exact) mass is 420 g/mol. The van der Waals surface area contributed by atoms with Gasteiger partial charge in [-0.25, -0.2) is 9.37 Å². The molecule has 31 heavy (non-hydrogen) atoms. The number of benzene rings is 2. The minimum atomic E-state index is -0.311. The molecule has 1 saturated carbocycles. The Kier molecular flexibility index (Phi) is 5.26. The van der Waals surface area contributed by atoms with E-state index >= 15 is 0 Å². The average Bonchev–Trinajstić information content (AvgIpc) is 3.09. The van der Waals surface area contributed by atoms with Gasteiger partial charge >= 0.3 is 0 Å². The van der Waals surface area contributed by atoms with Crippen molar-refractivity contribution in [3.63, 3.8) is 0 Å². The maximum absolute atomic E-state index is 13.6. The van der Waals surface area contributed by atoms with Gasteiger partial charge in [-0.1, -0.05) is 18.2 Å². The van der Waals surface area contributed by atoms with Crippen LogP contribution in [0.4, 0.5) is 10.1 Å². The van der Waals surface area contributed by atoms with Crippen molar-refractivity contribution in [3.8, 4) is 0 Å². The van der Waals surface area contributed by atoms with Gasteiger partial charge in [0.25, 0.3) is 0 Å². The molecule has 3 fully saturated rings. The molecular weight excluding hydrogens is 391 g/mol. The standard InChI is InChI=1S/C25H29FN4O/c1-17-27-24-9-3-4-10-25(24)30(17)23-15-21-14-22(16-23)29(21)12-6-11-28(18(2)31)20-8-5-7-19(26)13-20/h3-5,7-10,13,21-23H,6,11-12,14-16H2,1-2H3/t21-,22+,23?. The zero-order chi connectivity index (χ0) is 21.5. The normalized spacial score (nSPS) is 23.0. The topological polar surface area (TPSA) is 41.4 Å². The third kappa shape index (κ3) is 3.74. The summed E-state index contributed by atoms with van der Waals surface area (Å²) in [6.07, 6.45) is 4.46. The van der Waals surface area contributed by atoms with Gasteiger partial charge in [0.2, 0.25) is 5.91 Å². The van der Waals surface area contributed by atoms with Crippen LogP contribution in [0, 0.1) is 12.7 Å². The first-order valence-corrected chi connectivity index (χ1v) is 11.2. The Morgan fingerprint density at radius 2 is 1.84 bits per heavy atom. The van der Waals surface area contributed by atoms with E-state index in [4.69, 9.17) is 4.98 Å². The van der Waals surface area contributed by atoms with E-state index in [-0.39, 0.29) is 11.7 Å². The van der Waals surface area contributed by atoms with Crippen LogP contribution in [0.3, 0.4) is 0 Å². The molecule has 3 atom stereocenters. The quantitative estimate of drug-likeness (QED) is 0.580. The summed E-state index contributed by atoms with van der Waals surface area (Å²) in [5.41, 5.74) is 2.96. The smallest absolute Gasteiger partial charge is 0.223 e. The maximum Gasteiger partial charge on any atom is 0.223 e. The van der Waals surface area contributed by atoms with Crippen LogP contribution >= 0.6 is 0 Å². The maximum atomic E-state index is 13.6.